The molecule has 8 heteroatoms. The molecule has 29 heavy (non-hydrogen) atoms. The highest BCUT2D eigenvalue weighted by Gasteiger charge is 2.71. The number of amides is 1. The molecule has 0 bridgehead atoms. The van der Waals surface area contributed by atoms with E-state index < -0.39 is 38.2 Å². The van der Waals surface area contributed by atoms with Crippen LogP contribution in [0.1, 0.15) is 32.3 Å². The van der Waals surface area contributed by atoms with Crippen LogP contribution >= 0.6 is 11.6 Å². The molecule has 3 N–H and O–H groups in total. The van der Waals surface area contributed by atoms with Crippen molar-refractivity contribution < 1.29 is 17.9 Å². The number of ether oxygens (including phenoxy) is 1. The molecule has 1 amide bonds. The lowest BCUT2D eigenvalue weighted by molar-refractivity contribution is 0.0497. The van der Waals surface area contributed by atoms with Gasteiger partial charge >= 0.3 is 6.09 Å². The summed E-state index contributed by atoms with van der Waals surface area (Å²) < 4.78 is 32.2. The quantitative estimate of drug-likeness (QED) is 0.747. The zero-order valence-corrected chi connectivity index (χ0v) is 18.1. The van der Waals surface area contributed by atoms with Gasteiger partial charge in [0, 0.05) is 17.5 Å². The summed E-state index contributed by atoms with van der Waals surface area (Å²) in [4.78, 5) is 12.6. The smallest absolute Gasteiger partial charge is 0.408 e. The minimum Gasteiger partial charge on any atom is -0.444 e. The summed E-state index contributed by atoms with van der Waals surface area (Å²) in [6.07, 6.45) is -0.697. The number of rotatable bonds is 5. The van der Waals surface area contributed by atoms with Crippen LogP contribution in [0.25, 0.3) is 0 Å². The van der Waals surface area contributed by atoms with Crippen LogP contribution in [-0.2, 0) is 14.6 Å². The number of hydrogen-bond donors (Lipinski definition) is 2. The summed E-state index contributed by atoms with van der Waals surface area (Å²) in [5.41, 5.74) is 4.95. The normalized spacial score (nSPS) is 24.0. The highest BCUT2D eigenvalue weighted by molar-refractivity contribution is 7.92. The number of carbonyl (C=O) groups excluding carboxylic acids is 1. The molecule has 6 nitrogen and oxygen atoms in total. The average molecular weight is 437 g/mol. The van der Waals surface area contributed by atoms with E-state index in [-0.39, 0.29) is 11.4 Å². The van der Waals surface area contributed by atoms with Gasteiger partial charge in [0.05, 0.1) is 10.4 Å². The lowest BCUT2D eigenvalue weighted by Gasteiger charge is -2.24. The summed E-state index contributed by atoms with van der Waals surface area (Å²) in [7, 11) is -3.80. The molecule has 0 aliphatic heterocycles. The van der Waals surface area contributed by atoms with Gasteiger partial charge in [-0.25, -0.2) is 13.2 Å². The second-order valence-electron chi connectivity index (χ2n) is 8.18. The Bertz CT molecular complexity index is 988. The fraction of sp³-hybridized carbons (Fsp3) is 0.381. The molecular weight excluding hydrogens is 412 g/mol. The van der Waals surface area contributed by atoms with Gasteiger partial charge in [-0.3, -0.25) is 0 Å². The van der Waals surface area contributed by atoms with Gasteiger partial charge in [0.25, 0.3) is 0 Å². The number of hydrogen-bond acceptors (Lipinski definition) is 5. The van der Waals surface area contributed by atoms with Crippen molar-refractivity contribution in [1.82, 2.24) is 5.32 Å². The van der Waals surface area contributed by atoms with Crippen LogP contribution in [0, 0.1) is 0 Å². The van der Waals surface area contributed by atoms with E-state index in [0.29, 0.717) is 5.02 Å². The molecule has 1 aliphatic carbocycles. The van der Waals surface area contributed by atoms with E-state index >= 15 is 0 Å². The molecule has 0 spiro atoms. The van der Waals surface area contributed by atoms with Gasteiger partial charge < -0.3 is 15.8 Å². The Hall–Kier alpha value is -2.09. The predicted molar refractivity (Wildman–Crippen MR) is 113 cm³/mol. The lowest BCUT2D eigenvalue weighted by atomic mass is 10.1. The van der Waals surface area contributed by atoms with Gasteiger partial charge in [0.15, 0.2) is 9.84 Å². The first-order valence-electron chi connectivity index (χ1n) is 9.27. The SMILES string of the molecule is CC(C)(C)OC(=O)N[C@@]1(CN)[C@@H](c2ccccc2)[C@@H]1S(=O)(=O)c1ccc(Cl)cc1. The van der Waals surface area contributed by atoms with Crippen molar-refractivity contribution in [1.29, 1.82) is 0 Å². The predicted octanol–water partition coefficient (Wildman–Crippen LogP) is 3.50. The number of alkyl carbamates (subject to hydrolysis) is 1. The number of sulfone groups is 1. The summed E-state index contributed by atoms with van der Waals surface area (Å²) in [5.74, 6) is -0.498. The first kappa shape index (κ1) is 21.6. The van der Waals surface area contributed by atoms with E-state index in [0.717, 1.165) is 5.56 Å². The molecule has 1 fully saturated rings. The van der Waals surface area contributed by atoms with Crippen LogP contribution in [0.5, 0.6) is 0 Å². The van der Waals surface area contributed by atoms with Crippen LogP contribution in [-0.4, -0.2) is 37.4 Å². The standard InChI is InChI=1S/C21H25ClN2O4S/c1-20(2,3)28-19(25)24-21(13-23)17(14-7-5-4-6-8-14)18(21)29(26,27)16-11-9-15(22)10-12-16/h4-12,17-18H,13,23H2,1-3H3,(H,24,25)/t17-,18-,21-/m0/s1. The third kappa shape index (κ3) is 4.27. The van der Waals surface area contributed by atoms with Gasteiger partial charge in [-0.2, -0.15) is 0 Å². The summed E-state index contributed by atoms with van der Waals surface area (Å²) in [5, 5.41) is 2.29. The van der Waals surface area contributed by atoms with Crippen molar-refractivity contribution in [2.24, 2.45) is 5.73 Å². The zero-order valence-electron chi connectivity index (χ0n) is 16.6. The molecule has 3 atom stereocenters. The van der Waals surface area contributed by atoms with Crippen LogP contribution in [0.2, 0.25) is 5.02 Å². The molecule has 0 unspecified atom stereocenters. The fourth-order valence-electron chi connectivity index (χ4n) is 3.70. The Labute approximate surface area is 176 Å². The maximum atomic E-state index is 13.4. The van der Waals surface area contributed by atoms with E-state index in [1.807, 2.05) is 30.3 Å². The molecule has 3 rings (SSSR count). The van der Waals surface area contributed by atoms with Crippen LogP contribution in [0.15, 0.2) is 59.5 Å². The van der Waals surface area contributed by atoms with E-state index in [1.165, 1.54) is 24.3 Å². The van der Waals surface area contributed by atoms with Crippen LogP contribution in [0.3, 0.4) is 0 Å². The van der Waals surface area contributed by atoms with Crippen LogP contribution < -0.4 is 11.1 Å². The molecule has 2 aromatic carbocycles. The van der Waals surface area contributed by atoms with Gasteiger partial charge in [-0.15, -0.1) is 0 Å². The second-order valence-corrected chi connectivity index (χ2v) is 10.7. The molecule has 0 saturated heterocycles. The number of nitrogens with one attached hydrogen (secondary N) is 1. The number of halogens is 1. The van der Waals surface area contributed by atoms with Gasteiger partial charge in [-0.1, -0.05) is 41.9 Å². The minimum absolute atomic E-state index is 0.0523. The first-order chi connectivity index (χ1) is 13.5. The highest BCUT2D eigenvalue weighted by Crippen LogP contribution is 2.56. The van der Waals surface area contributed by atoms with Crippen LogP contribution in [0.4, 0.5) is 4.79 Å². The van der Waals surface area contributed by atoms with Gasteiger partial charge in [-0.05, 0) is 50.6 Å². The zero-order chi connectivity index (χ0) is 21.4. The first-order valence-corrected chi connectivity index (χ1v) is 11.2. The molecule has 156 valence electrons. The molecule has 1 saturated carbocycles. The maximum absolute atomic E-state index is 13.4. The second kappa shape index (κ2) is 7.63. The molecule has 0 radical (unpaired) electrons. The Morgan fingerprint density at radius 2 is 1.72 bits per heavy atom. The summed E-state index contributed by atoms with van der Waals surface area (Å²) in [6, 6.07) is 15.2. The van der Waals surface area contributed by atoms with E-state index in [2.05, 4.69) is 5.32 Å². The third-order valence-corrected chi connectivity index (χ3v) is 7.51. The van der Waals surface area contributed by atoms with E-state index in [9.17, 15) is 13.2 Å². The Balaban J connectivity index is 2.02. The molecule has 1 aliphatic rings. The molecular formula is C21H25ClN2O4S. The van der Waals surface area contributed by atoms with Crippen molar-refractivity contribution in [2.45, 2.75) is 48.0 Å². The van der Waals surface area contributed by atoms with Crippen molar-refractivity contribution in [3.8, 4) is 0 Å². The maximum Gasteiger partial charge on any atom is 0.408 e. The van der Waals surface area contributed by atoms with Gasteiger partial charge in [0.2, 0.25) is 0 Å². The minimum atomic E-state index is -3.80. The summed E-state index contributed by atoms with van der Waals surface area (Å²) in [6.45, 7) is 5.17. The Morgan fingerprint density at radius 3 is 2.24 bits per heavy atom. The molecule has 0 heterocycles. The number of carbonyl (C=O) groups is 1. The average Bonchev–Trinajstić information content (AvgIpc) is 3.30. The topological polar surface area (TPSA) is 98.5 Å². The molecule has 2 aromatic rings. The largest absolute Gasteiger partial charge is 0.444 e. The number of benzene rings is 2. The molecule has 0 aromatic heterocycles. The van der Waals surface area contributed by atoms with Crippen molar-refractivity contribution in [2.75, 3.05) is 6.54 Å². The van der Waals surface area contributed by atoms with E-state index in [4.69, 9.17) is 22.1 Å². The number of nitrogens with two attached hydrogens (primary N) is 1. The summed E-state index contributed by atoms with van der Waals surface area (Å²) >= 11 is 5.91. The van der Waals surface area contributed by atoms with Gasteiger partial charge in [0.1, 0.15) is 10.9 Å². The van der Waals surface area contributed by atoms with Crippen molar-refractivity contribution >= 4 is 27.5 Å². The third-order valence-electron chi connectivity index (χ3n) is 4.96. The van der Waals surface area contributed by atoms with E-state index in [1.54, 1.807) is 20.8 Å². The van der Waals surface area contributed by atoms with Crippen molar-refractivity contribution in [3.63, 3.8) is 0 Å². The fourth-order valence-corrected chi connectivity index (χ4v) is 6.17. The Kier molecular flexibility index (Phi) is 5.69. The Morgan fingerprint density at radius 1 is 1.14 bits per heavy atom. The van der Waals surface area contributed by atoms with Crippen molar-refractivity contribution in [3.05, 3.63) is 65.2 Å². The monoisotopic (exact) mass is 436 g/mol. The highest BCUT2D eigenvalue weighted by atomic mass is 35.5. The lowest BCUT2D eigenvalue weighted by Crippen LogP contribution is -2.49.